The van der Waals surface area contributed by atoms with E-state index in [0.717, 1.165) is 24.0 Å². The van der Waals surface area contributed by atoms with Crippen LogP contribution in [0.25, 0.3) is 0 Å². The van der Waals surface area contributed by atoms with E-state index in [2.05, 4.69) is 11.6 Å². The normalized spacial score (nSPS) is 23.2. The Bertz CT molecular complexity index is 584. The lowest BCUT2D eigenvalue weighted by atomic mass is 9.83. The predicted molar refractivity (Wildman–Crippen MR) is 85.4 cm³/mol. The molecule has 118 valence electrons. The van der Waals surface area contributed by atoms with Gasteiger partial charge in [-0.2, -0.15) is 0 Å². The lowest BCUT2D eigenvalue weighted by Gasteiger charge is -2.26. The minimum absolute atomic E-state index is 0.334. The van der Waals surface area contributed by atoms with Crippen LogP contribution in [0.3, 0.4) is 0 Å². The summed E-state index contributed by atoms with van der Waals surface area (Å²) in [5, 5.41) is 0. The van der Waals surface area contributed by atoms with Gasteiger partial charge in [0.05, 0.1) is 4.90 Å². The average molecular weight is 310 g/mol. The molecule has 1 saturated carbocycles. The molecule has 4 nitrogen and oxygen atoms in total. The van der Waals surface area contributed by atoms with E-state index in [1.54, 1.807) is 18.2 Å². The summed E-state index contributed by atoms with van der Waals surface area (Å²) in [6.45, 7) is 5.11. The molecule has 3 N–H and O–H groups in total. The van der Waals surface area contributed by atoms with Crippen molar-refractivity contribution in [3.63, 3.8) is 0 Å². The second-order valence-corrected chi connectivity index (χ2v) is 8.05. The average Bonchev–Trinajstić information content (AvgIpc) is 2.45. The van der Waals surface area contributed by atoms with E-state index in [9.17, 15) is 8.42 Å². The van der Waals surface area contributed by atoms with E-state index < -0.39 is 10.0 Å². The Morgan fingerprint density at radius 2 is 2.10 bits per heavy atom. The third-order valence-corrected chi connectivity index (χ3v) is 5.87. The van der Waals surface area contributed by atoms with Gasteiger partial charge in [0.2, 0.25) is 10.0 Å². The van der Waals surface area contributed by atoms with Crippen LogP contribution >= 0.6 is 0 Å². The molecule has 2 atom stereocenters. The fourth-order valence-corrected chi connectivity index (χ4v) is 4.32. The Balaban J connectivity index is 2.02. The largest absolute Gasteiger partial charge is 0.326 e. The van der Waals surface area contributed by atoms with Crippen LogP contribution in [0.15, 0.2) is 23.1 Å². The number of nitrogens with one attached hydrogen (secondary N) is 1. The second-order valence-electron chi connectivity index (χ2n) is 6.28. The third kappa shape index (κ3) is 4.28. The monoisotopic (exact) mass is 310 g/mol. The molecule has 21 heavy (non-hydrogen) atoms. The van der Waals surface area contributed by atoms with Crippen LogP contribution in [0.1, 0.15) is 43.7 Å². The maximum absolute atomic E-state index is 12.4. The highest BCUT2D eigenvalue weighted by Crippen LogP contribution is 2.28. The van der Waals surface area contributed by atoms with E-state index >= 15 is 0 Å². The topological polar surface area (TPSA) is 72.2 Å². The van der Waals surface area contributed by atoms with E-state index in [0.29, 0.717) is 29.8 Å². The number of aryl methyl sites for hydroxylation is 1. The summed E-state index contributed by atoms with van der Waals surface area (Å²) in [7, 11) is -3.42. The maximum Gasteiger partial charge on any atom is 0.240 e. The second kappa shape index (κ2) is 6.90. The SMILES string of the molecule is Cc1cc(S(=O)(=O)NCC2CCCC(C)C2)ccc1CN. The van der Waals surface area contributed by atoms with E-state index in [4.69, 9.17) is 5.73 Å². The molecule has 2 rings (SSSR count). The molecule has 5 heteroatoms. The van der Waals surface area contributed by atoms with Crippen LogP contribution in [-0.4, -0.2) is 15.0 Å². The molecule has 1 fully saturated rings. The van der Waals surface area contributed by atoms with E-state index in [1.807, 2.05) is 6.92 Å². The Morgan fingerprint density at radius 1 is 1.33 bits per heavy atom. The van der Waals surface area contributed by atoms with Gasteiger partial charge in [0.15, 0.2) is 0 Å². The number of rotatable bonds is 5. The van der Waals surface area contributed by atoms with Gasteiger partial charge in [0, 0.05) is 13.1 Å². The third-order valence-electron chi connectivity index (χ3n) is 4.45. The molecule has 0 heterocycles. The smallest absolute Gasteiger partial charge is 0.240 e. The lowest BCUT2D eigenvalue weighted by Crippen LogP contribution is -2.31. The van der Waals surface area contributed by atoms with Crippen LogP contribution in [0.5, 0.6) is 0 Å². The number of sulfonamides is 1. The first-order chi connectivity index (χ1) is 9.92. The van der Waals surface area contributed by atoms with Gasteiger partial charge >= 0.3 is 0 Å². The van der Waals surface area contributed by atoms with Crippen molar-refractivity contribution in [2.45, 2.75) is 51.0 Å². The van der Waals surface area contributed by atoms with Crippen molar-refractivity contribution in [1.82, 2.24) is 4.72 Å². The zero-order valence-electron chi connectivity index (χ0n) is 12.9. The molecule has 0 spiro atoms. The first-order valence-corrected chi connectivity index (χ1v) is 9.20. The highest BCUT2D eigenvalue weighted by atomic mass is 32.2. The summed E-state index contributed by atoms with van der Waals surface area (Å²) in [6.07, 6.45) is 4.71. The van der Waals surface area contributed by atoms with Crippen molar-refractivity contribution in [3.05, 3.63) is 29.3 Å². The Labute approximate surface area is 128 Å². The van der Waals surface area contributed by atoms with Gasteiger partial charge in [-0.15, -0.1) is 0 Å². The molecular weight excluding hydrogens is 284 g/mol. The van der Waals surface area contributed by atoms with Crippen molar-refractivity contribution in [2.24, 2.45) is 17.6 Å². The zero-order chi connectivity index (χ0) is 15.5. The van der Waals surface area contributed by atoms with Crippen molar-refractivity contribution < 1.29 is 8.42 Å². The van der Waals surface area contributed by atoms with E-state index in [-0.39, 0.29) is 0 Å². The van der Waals surface area contributed by atoms with Gasteiger partial charge in [0.25, 0.3) is 0 Å². The molecule has 0 amide bonds. The molecule has 2 unspecified atom stereocenters. The van der Waals surface area contributed by atoms with Crippen LogP contribution in [0.4, 0.5) is 0 Å². The Hall–Kier alpha value is -0.910. The van der Waals surface area contributed by atoms with Crippen molar-refractivity contribution in [3.8, 4) is 0 Å². The van der Waals surface area contributed by atoms with Gasteiger partial charge in [-0.25, -0.2) is 13.1 Å². The molecule has 1 aromatic carbocycles. The number of hydrogen-bond donors (Lipinski definition) is 2. The fraction of sp³-hybridized carbons (Fsp3) is 0.625. The van der Waals surface area contributed by atoms with Crippen LogP contribution in [0, 0.1) is 18.8 Å². The number of hydrogen-bond acceptors (Lipinski definition) is 3. The van der Waals surface area contributed by atoms with Gasteiger partial charge in [-0.3, -0.25) is 0 Å². The fourth-order valence-electron chi connectivity index (χ4n) is 3.12. The molecule has 0 aliphatic heterocycles. The number of nitrogens with two attached hydrogens (primary N) is 1. The summed E-state index contributed by atoms with van der Waals surface area (Å²) in [4.78, 5) is 0.334. The predicted octanol–water partition coefficient (Wildman–Crippen LogP) is 2.56. The minimum Gasteiger partial charge on any atom is -0.326 e. The standard InChI is InChI=1S/C16H26N2O2S/c1-12-4-3-5-14(8-12)11-18-21(19,20)16-7-6-15(10-17)13(2)9-16/h6-7,9,12,14,18H,3-5,8,10-11,17H2,1-2H3. The van der Waals surface area contributed by atoms with Crippen molar-refractivity contribution >= 4 is 10.0 Å². The van der Waals surface area contributed by atoms with Crippen molar-refractivity contribution in [1.29, 1.82) is 0 Å². The van der Waals surface area contributed by atoms with Gasteiger partial charge in [-0.05, 0) is 54.9 Å². The quantitative estimate of drug-likeness (QED) is 0.878. The van der Waals surface area contributed by atoms with E-state index in [1.165, 1.54) is 12.8 Å². The lowest BCUT2D eigenvalue weighted by molar-refractivity contribution is 0.283. The maximum atomic E-state index is 12.4. The highest BCUT2D eigenvalue weighted by molar-refractivity contribution is 7.89. The highest BCUT2D eigenvalue weighted by Gasteiger charge is 2.22. The summed E-state index contributed by atoms with van der Waals surface area (Å²) in [5.74, 6) is 1.17. The molecule has 0 radical (unpaired) electrons. The molecular formula is C16H26N2O2S. The molecule has 0 aromatic heterocycles. The van der Waals surface area contributed by atoms with Crippen molar-refractivity contribution in [2.75, 3.05) is 6.54 Å². The molecule has 1 aromatic rings. The van der Waals surface area contributed by atoms with Gasteiger partial charge < -0.3 is 5.73 Å². The molecule has 1 aliphatic rings. The van der Waals surface area contributed by atoms with Gasteiger partial charge in [-0.1, -0.05) is 25.8 Å². The molecule has 0 bridgehead atoms. The number of benzene rings is 1. The van der Waals surface area contributed by atoms with Gasteiger partial charge in [0.1, 0.15) is 0 Å². The Morgan fingerprint density at radius 3 is 2.71 bits per heavy atom. The summed E-state index contributed by atoms with van der Waals surface area (Å²) in [6, 6.07) is 5.14. The van der Waals surface area contributed by atoms with Crippen LogP contribution in [-0.2, 0) is 16.6 Å². The summed E-state index contributed by atoms with van der Waals surface area (Å²) < 4.78 is 27.5. The van der Waals surface area contributed by atoms with Crippen LogP contribution in [0.2, 0.25) is 0 Å². The first kappa shape index (κ1) is 16.5. The molecule has 1 aliphatic carbocycles. The minimum atomic E-state index is -3.42. The van der Waals surface area contributed by atoms with Crippen LogP contribution < -0.4 is 10.5 Å². The first-order valence-electron chi connectivity index (χ1n) is 7.71. The Kier molecular flexibility index (Phi) is 5.41. The zero-order valence-corrected chi connectivity index (χ0v) is 13.7. The summed E-state index contributed by atoms with van der Waals surface area (Å²) >= 11 is 0. The summed E-state index contributed by atoms with van der Waals surface area (Å²) in [5.41, 5.74) is 7.52. The molecule has 0 saturated heterocycles.